The summed E-state index contributed by atoms with van der Waals surface area (Å²) in [7, 11) is 2.19. The highest BCUT2D eigenvalue weighted by molar-refractivity contribution is 5.58. The highest BCUT2D eigenvalue weighted by Crippen LogP contribution is 2.20. The molecule has 2 aromatic rings. The Morgan fingerprint density at radius 1 is 0.909 bits per heavy atom. The second kappa shape index (κ2) is 7.32. The molecule has 0 unspecified atom stereocenters. The number of rotatable bonds is 5. The predicted molar refractivity (Wildman–Crippen MR) is 94.8 cm³/mol. The van der Waals surface area contributed by atoms with E-state index in [4.69, 9.17) is 0 Å². The molecule has 0 radical (unpaired) electrons. The van der Waals surface area contributed by atoms with E-state index in [1.807, 2.05) is 0 Å². The molecule has 2 aromatic carbocycles. The third-order valence-corrected chi connectivity index (χ3v) is 4.30. The summed E-state index contributed by atoms with van der Waals surface area (Å²) < 4.78 is 0. The number of benzene rings is 2. The van der Waals surface area contributed by atoms with E-state index in [0.717, 1.165) is 39.1 Å². The molecule has 116 valence electrons. The van der Waals surface area contributed by atoms with Gasteiger partial charge < -0.3 is 15.1 Å². The summed E-state index contributed by atoms with van der Waals surface area (Å²) >= 11 is 0. The smallest absolute Gasteiger partial charge is 0.0387 e. The number of hydrogen-bond acceptors (Lipinski definition) is 3. The number of anilines is 2. The average Bonchev–Trinajstić information content (AvgIpc) is 2.57. The number of piperazine rings is 1. The first-order valence-corrected chi connectivity index (χ1v) is 8.12. The van der Waals surface area contributed by atoms with E-state index >= 15 is 0 Å². The van der Waals surface area contributed by atoms with Crippen LogP contribution >= 0.6 is 0 Å². The summed E-state index contributed by atoms with van der Waals surface area (Å²) in [6, 6.07) is 19.4. The first-order valence-electron chi connectivity index (χ1n) is 8.12. The maximum atomic E-state index is 3.54. The average molecular weight is 295 g/mol. The van der Waals surface area contributed by atoms with Crippen molar-refractivity contribution in [2.75, 3.05) is 50.0 Å². The fraction of sp³-hybridized carbons (Fsp3) is 0.368. The normalized spacial score (nSPS) is 15.8. The lowest BCUT2D eigenvalue weighted by Crippen LogP contribution is -2.44. The molecule has 1 fully saturated rings. The van der Waals surface area contributed by atoms with Crippen LogP contribution in [0.25, 0.3) is 0 Å². The van der Waals surface area contributed by atoms with Crippen molar-refractivity contribution >= 4 is 11.4 Å². The number of nitrogens with one attached hydrogen (secondary N) is 1. The molecule has 22 heavy (non-hydrogen) atoms. The first kappa shape index (κ1) is 14.9. The molecule has 1 aliphatic rings. The SMILES string of the molecule is CN1CCN(c2cccc(NCCc3ccccc3)c2)CC1. The van der Waals surface area contributed by atoms with E-state index < -0.39 is 0 Å². The molecular formula is C19H25N3. The molecule has 3 rings (SSSR count). The summed E-state index contributed by atoms with van der Waals surface area (Å²) in [5, 5.41) is 3.54. The standard InChI is InChI=1S/C19H25N3/c1-21-12-14-22(15-13-21)19-9-5-8-18(16-19)20-11-10-17-6-3-2-4-7-17/h2-9,16,20H,10-15H2,1H3. The third kappa shape index (κ3) is 4.01. The van der Waals surface area contributed by atoms with Gasteiger partial charge in [-0.1, -0.05) is 36.4 Å². The van der Waals surface area contributed by atoms with Crippen molar-refractivity contribution in [3.05, 3.63) is 60.2 Å². The summed E-state index contributed by atoms with van der Waals surface area (Å²) in [5.74, 6) is 0. The van der Waals surface area contributed by atoms with Crippen molar-refractivity contribution in [3.8, 4) is 0 Å². The van der Waals surface area contributed by atoms with Crippen LogP contribution in [0.1, 0.15) is 5.56 Å². The van der Waals surface area contributed by atoms with Crippen LogP contribution in [0.4, 0.5) is 11.4 Å². The molecule has 0 spiro atoms. The van der Waals surface area contributed by atoms with E-state index in [-0.39, 0.29) is 0 Å². The van der Waals surface area contributed by atoms with Gasteiger partial charge in [0.2, 0.25) is 0 Å². The van der Waals surface area contributed by atoms with Gasteiger partial charge in [-0.2, -0.15) is 0 Å². The van der Waals surface area contributed by atoms with Crippen molar-refractivity contribution < 1.29 is 0 Å². The van der Waals surface area contributed by atoms with Crippen LogP contribution in [0.3, 0.4) is 0 Å². The lowest BCUT2D eigenvalue weighted by molar-refractivity contribution is 0.313. The topological polar surface area (TPSA) is 18.5 Å². The number of likely N-dealkylation sites (N-methyl/N-ethyl adjacent to an activating group) is 1. The molecule has 1 N–H and O–H groups in total. The minimum atomic E-state index is 0.968. The van der Waals surface area contributed by atoms with E-state index in [1.165, 1.54) is 16.9 Å². The molecule has 0 atom stereocenters. The summed E-state index contributed by atoms with van der Waals surface area (Å²) in [6.45, 7) is 5.49. The van der Waals surface area contributed by atoms with Crippen molar-refractivity contribution in [1.29, 1.82) is 0 Å². The maximum absolute atomic E-state index is 3.54. The highest BCUT2D eigenvalue weighted by Gasteiger charge is 2.14. The summed E-state index contributed by atoms with van der Waals surface area (Å²) in [4.78, 5) is 4.86. The maximum Gasteiger partial charge on any atom is 0.0387 e. The molecule has 0 aromatic heterocycles. The van der Waals surface area contributed by atoms with Gasteiger partial charge in [-0.25, -0.2) is 0 Å². The summed E-state index contributed by atoms with van der Waals surface area (Å²) in [6.07, 6.45) is 1.06. The van der Waals surface area contributed by atoms with Gasteiger partial charge in [-0.05, 0) is 37.2 Å². The van der Waals surface area contributed by atoms with Crippen LogP contribution in [-0.4, -0.2) is 44.7 Å². The zero-order chi connectivity index (χ0) is 15.2. The first-order chi connectivity index (χ1) is 10.8. The second-order valence-corrected chi connectivity index (χ2v) is 6.00. The molecule has 0 aliphatic carbocycles. The lowest BCUT2D eigenvalue weighted by Gasteiger charge is -2.34. The van der Waals surface area contributed by atoms with E-state index in [2.05, 4.69) is 76.8 Å². The quantitative estimate of drug-likeness (QED) is 0.914. The van der Waals surface area contributed by atoms with Crippen LogP contribution < -0.4 is 10.2 Å². The zero-order valence-corrected chi connectivity index (χ0v) is 13.3. The lowest BCUT2D eigenvalue weighted by atomic mass is 10.1. The third-order valence-electron chi connectivity index (χ3n) is 4.30. The van der Waals surface area contributed by atoms with Crippen LogP contribution in [-0.2, 0) is 6.42 Å². The van der Waals surface area contributed by atoms with Crippen molar-refractivity contribution in [2.24, 2.45) is 0 Å². The molecule has 1 saturated heterocycles. The highest BCUT2D eigenvalue weighted by atomic mass is 15.2. The van der Waals surface area contributed by atoms with Gasteiger partial charge in [0.25, 0.3) is 0 Å². The van der Waals surface area contributed by atoms with E-state index in [1.54, 1.807) is 0 Å². The van der Waals surface area contributed by atoms with Gasteiger partial charge in [0, 0.05) is 44.1 Å². The van der Waals surface area contributed by atoms with Crippen LogP contribution in [0, 0.1) is 0 Å². The van der Waals surface area contributed by atoms with Gasteiger partial charge in [0.1, 0.15) is 0 Å². The fourth-order valence-corrected chi connectivity index (χ4v) is 2.87. The molecule has 1 aliphatic heterocycles. The van der Waals surface area contributed by atoms with Gasteiger partial charge in [-0.15, -0.1) is 0 Å². The monoisotopic (exact) mass is 295 g/mol. The molecule has 3 nitrogen and oxygen atoms in total. The molecule has 3 heteroatoms. The largest absolute Gasteiger partial charge is 0.385 e. The number of nitrogens with zero attached hydrogens (tertiary/aromatic N) is 2. The Balaban J connectivity index is 1.55. The van der Waals surface area contributed by atoms with Crippen LogP contribution in [0.2, 0.25) is 0 Å². The molecule has 1 heterocycles. The van der Waals surface area contributed by atoms with E-state index in [9.17, 15) is 0 Å². The Kier molecular flexibility index (Phi) is 4.96. The molecule has 0 bridgehead atoms. The van der Waals surface area contributed by atoms with Crippen LogP contribution in [0.15, 0.2) is 54.6 Å². The minimum Gasteiger partial charge on any atom is -0.385 e. The molecule has 0 amide bonds. The Hall–Kier alpha value is -2.00. The fourth-order valence-electron chi connectivity index (χ4n) is 2.87. The Morgan fingerprint density at radius 2 is 1.68 bits per heavy atom. The van der Waals surface area contributed by atoms with E-state index in [0.29, 0.717) is 0 Å². The van der Waals surface area contributed by atoms with Gasteiger partial charge in [-0.3, -0.25) is 0 Å². The Labute approximate surface area is 133 Å². The zero-order valence-electron chi connectivity index (χ0n) is 13.3. The van der Waals surface area contributed by atoms with Crippen LogP contribution in [0.5, 0.6) is 0 Å². The minimum absolute atomic E-state index is 0.968. The second-order valence-electron chi connectivity index (χ2n) is 6.00. The van der Waals surface area contributed by atoms with Crippen molar-refractivity contribution in [3.63, 3.8) is 0 Å². The molecule has 0 saturated carbocycles. The Morgan fingerprint density at radius 3 is 2.45 bits per heavy atom. The summed E-state index contributed by atoms with van der Waals surface area (Å²) in [5.41, 5.74) is 3.93. The van der Waals surface area contributed by atoms with Gasteiger partial charge in [0.15, 0.2) is 0 Å². The van der Waals surface area contributed by atoms with Crippen molar-refractivity contribution in [1.82, 2.24) is 4.90 Å². The Bertz CT molecular complexity index is 574. The molecular weight excluding hydrogens is 270 g/mol. The van der Waals surface area contributed by atoms with Crippen molar-refractivity contribution in [2.45, 2.75) is 6.42 Å². The van der Waals surface area contributed by atoms with Gasteiger partial charge in [0.05, 0.1) is 0 Å². The number of hydrogen-bond donors (Lipinski definition) is 1. The van der Waals surface area contributed by atoms with Gasteiger partial charge >= 0.3 is 0 Å². The predicted octanol–water partition coefficient (Wildman–Crippen LogP) is 3.09.